The third-order valence-electron chi connectivity index (χ3n) is 3.62. The van der Waals surface area contributed by atoms with Crippen LogP contribution >= 0.6 is 0 Å². The number of fused-ring (bicyclic) bond motifs is 1. The highest BCUT2D eigenvalue weighted by Gasteiger charge is 2.23. The second kappa shape index (κ2) is 6.09. The smallest absolute Gasteiger partial charge is 0.279 e. The van der Waals surface area contributed by atoms with E-state index in [-0.39, 0.29) is 17.5 Å². The van der Waals surface area contributed by atoms with Gasteiger partial charge < -0.3 is 0 Å². The standard InChI is InChI=1S/C12H22N4O3S/c1-3-4-9-20(18,19)14-10-5-6-11-13-15(2)12(17)16(11)8-7-10/h10,14H,3-9H2,1-2H3. The zero-order valence-electron chi connectivity index (χ0n) is 12.0. The predicted octanol–water partition coefficient (Wildman–Crippen LogP) is 0.00620. The van der Waals surface area contributed by atoms with Crippen molar-refractivity contribution in [1.29, 1.82) is 0 Å². The lowest BCUT2D eigenvalue weighted by Gasteiger charge is -2.15. The lowest BCUT2D eigenvalue weighted by Crippen LogP contribution is -2.37. The van der Waals surface area contributed by atoms with Crippen LogP contribution in [0.4, 0.5) is 0 Å². The van der Waals surface area contributed by atoms with Crippen LogP contribution in [0.2, 0.25) is 0 Å². The highest BCUT2D eigenvalue weighted by Crippen LogP contribution is 2.12. The van der Waals surface area contributed by atoms with Crippen molar-refractivity contribution in [2.45, 2.75) is 51.6 Å². The molecule has 1 aromatic heterocycles. The third kappa shape index (κ3) is 3.49. The number of hydrogen-bond acceptors (Lipinski definition) is 4. The molecule has 8 heteroatoms. The molecule has 1 atom stereocenters. The fourth-order valence-corrected chi connectivity index (χ4v) is 3.99. The van der Waals surface area contributed by atoms with Crippen LogP contribution in [0.3, 0.4) is 0 Å². The van der Waals surface area contributed by atoms with Crippen LogP contribution in [0.15, 0.2) is 4.79 Å². The zero-order chi connectivity index (χ0) is 14.8. The molecule has 0 spiro atoms. The van der Waals surface area contributed by atoms with Gasteiger partial charge in [0.15, 0.2) is 0 Å². The minimum absolute atomic E-state index is 0.108. The molecule has 20 heavy (non-hydrogen) atoms. The quantitative estimate of drug-likeness (QED) is 0.830. The molecule has 7 nitrogen and oxygen atoms in total. The monoisotopic (exact) mass is 302 g/mol. The van der Waals surface area contributed by atoms with Gasteiger partial charge in [-0.05, 0) is 19.3 Å². The highest BCUT2D eigenvalue weighted by molar-refractivity contribution is 7.89. The van der Waals surface area contributed by atoms with E-state index < -0.39 is 10.0 Å². The summed E-state index contributed by atoms with van der Waals surface area (Å²) in [6.45, 7) is 2.48. The van der Waals surface area contributed by atoms with Crippen LogP contribution < -0.4 is 10.4 Å². The summed E-state index contributed by atoms with van der Waals surface area (Å²) >= 11 is 0. The Bertz CT molecular complexity index is 617. The van der Waals surface area contributed by atoms with Gasteiger partial charge in [0.25, 0.3) is 0 Å². The minimum atomic E-state index is -3.21. The molecule has 1 N–H and O–H groups in total. The first kappa shape index (κ1) is 15.2. The van der Waals surface area contributed by atoms with E-state index in [1.165, 1.54) is 4.68 Å². The Kier molecular flexibility index (Phi) is 4.64. The number of aromatic nitrogens is 3. The van der Waals surface area contributed by atoms with Gasteiger partial charge in [0.2, 0.25) is 10.0 Å². The minimum Gasteiger partial charge on any atom is -0.279 e. The fourth-order valence-electron chi connectivity index (χ4n) is 2.46. The van der Waals surface area contributed by atoms with Crippen LogP contribution in [0.5, 0.6) is 0 Å². The largest absolute Gasteiger partial charge is 0.345 e. The van der Waals surface area contributed by atoms with Crippen molar-refractivity contribution in [3.8, 4) is 0 Å². The molecular weight excluding hydrogens is 280 g/mol. The summed E-state index contributed by atoms with van der Waals surface area (Å²) in [5.41, 5.74) is -0.130. The molecule has 1 aromatic rings. The Balaban J connectivity index is 2.01. The van der Waals surface area contributed by atoms with Crippen molar-refractivity contribution >= 4 is 10.0 Å². The number of hydrogen-bond donors (Lipinski definition) is 1. The number of unbranched alkanes of at least 4 members (excludes halogenated alkanes) is 1. The van der Waals surface area contributed by atoms with Crippen molar-refractivity contribution in [2.75, 3.05) is 5.75 Å². The van der Waals surface area contributed by atoms with Gasteiger partial charge in [0.1, 0.15) is 5.82 Å². The second-order valence-electron chi connectivity index (χ2n) is 5.29. The Morgan fingerprint density at radius 1 is 1.40 bits per heavy atom. The van der Waals surface area contributed by atoms with Gasteiger partial charge in [-0.15, -0.1) is 0 Å². The maximum absolute atomic E-state index is 11.9. The molecule has 0 aliphatic carbocycles. The Hall–Kier alpha value is -1.15. The molecule has 1 unspecified atom stereocenters. The fraction of sp³-hybridized carbons (Fsp3) is 0.833. The Labute approximate surface area is 119 Å². The molecular formula is C12H22N4O3S. The van der Waals surface area contributed by atoms with Crippen LogP contribution in [0, 0.1) is 0 Å². The molecule has 0 aromatic carbocycles. The maximum atomic E-state index is 11.9. The van der Waals surface area contributed by atoms with Gasteiger partial charge in [0.05, 0.1) is 5.75 Å². The highest BCUT2D eigenvalue weighted by atomic mass is 32.2. The summed E-state index contributed by atoms with van der Waals surface area (Å²) in [5, 5.41) is 4.18. The summed E-state index contributed by atoms with van der Waals surface area (Å²) in [6, 6.07) is -0.108. The SMILES string of the molecule is CCCCS(=O)(=O)NC1CCc2nn(C)c(=O)n2CC1. The average Bonchev–Trinajstić information content (AvgIpc) is 2.55. The first-order valence-electron chi connectivity index (χ1n) is 7.05. The van der Waals surface area contributed by atoms with Crippen LogP contribution in [0.25, 0.3) is 0 Å². The van der Waals surface area contributed by atoms with E-state index in [2.05, 4.69) is 9.82 Å². The maximum Gasteiger partial charge on any atom is 0.345 e. The molecule has 0 fully saturated rings. The molecule has 2 rings (SSSR count). The van der Waals surface area contributed by atoms with E-state index in [1.807, 2.05) is 6.92 Å². The second-order valence-corrected chi connectivity index (χ2v) is 7.16. The summed E-state index contributed by atoms with van der Waals surface area (Å²) in [4.78, 5) is 11.8. The van der Waals surface area contributed by atoms with Crippen LogP contribution in [-0.4, -0.2) is 34.6 Å². The molecule has 1 aliphatic rings. The van der Waals surface area contributed by atoms with Crippen molar-refractivity contribution in [3.63, 3.8) is 0 Å². The van der Waals surface area contributed by atoms with Crippen LogP contribution in [0.1, 0.15) is 38.4 Å². The number of nitrogens with one attached hydrogen (secondary N) is 1. The van der Waals surface area contributed by atoms with Crippen LogP contribution in [-0.2, 0) is 30.0 Å². The first-order chi connectivity index (χ1) is 9.43. The van der Waals surface area contributed by atoms with Crippen molar-refractivity contribution < 1.29 is 8.42 Å². The third-order valence-corrected chi connectivity index (χ3v) is 5.13. The van der Waals surface area contributed by atoms with E-state index in [1.54, 1.807) is 11.6 Å². The number of sulfonamides is 1. The van der Waals surface area contributed by atoms with Crippen molar-refractivity contribution in [1.82, 2.24) is 19.1 Å². The van der Waals surface area contributed by atoms with E-state index >= 15 is 0 Å². The number of rotatable bonds is 5. The molecule has 0 radical (unpaired) electrons. The Morgan fingerprint density at radius 2 is 2.15 bits per heavy atom. The summed E-state index contributed by atoms with van der Waals surface area (Å²) in [7, 11) is -1.58. The summed E-state index contributed by atoms with van der Waals surface area (Å²) in [6.07, 6.45) is 3.46. The number of aryl methyl sites for hydroxylation is 2. The van der Waals surface area contributed by atoms with Gasteiger partial charge in [-0.2, -0.15) is 5.10 Å². The van der Waals surface area contributed by atoms with Crippen molar-refractivity contribution in [3.05, 3.63) is 16.3 Å². The topological polar surface area (TPSA) is 86.0 Å². The lowest BCUT2D eigenvalue weighted by atomic mass is 10.1. The normalized spacial score (nSPS) is 19.6. The molecule has 0 bridgehead atoms. The van der Waals surface area contributed by atoms with E-state index in [9.17, 15) is 13.2 Å². The molecule has 2 heterocycles. The van der Waals surface area contributed by atoms with Crippen molar-refractivity contribution in [2.24, 2.45) is 7.05 Å². The lowest BCUT2D eigenvalue weighted by molar-refractivity contribution is 0.489. The van der Waals surface area contributed by atoms with E-state index in [0.717, 1.165) is 12.2 Å². The van der Waals surface area contributed by atoms with Gasteiger partial charge in [0, 0.05) is 26.1 Å². The first-order valence-corrected chi connectivity index (χ1v) is 8.71. The molecule has 114 valence electrons. The molecule has 1 aliphatic heterocycles. The molecule has 0 amide bonds. The van der Waals surface area contributed by atoms with Gasteiger partial charge in [-0.1, -0.05) is 13.3 Å². The molecule has 0 saturated carbocycles. The van der Waals surface area contributed by atoms with E-state index in [0.29, 0.717) is 32.2 Å². The summed E-state index contributed by atoms with van der Waals surface area (Å²) in [5.74, 6) is 0.916. The van der Waals surface area contributed by atoms with Gasteiger partial charge in [-0.25, -0.2) is 22.6 Å². The van der Waals surface area contributed by atoms with Gasteiger partial charge >= 0.3 is 5.69 Å². The molecule has 0 saturated heterocycles. The average molecular weight is 302 g/mol. The van der Waals surface area contributed by atoms with E-state index in [4.69, 9.17) is 0 Å². The summed E-state index contributed by atoms with van der Waals surface area (Å²) < 4.78 is 29.5. The predicted molar refractivity (Wildman–Crippen MR) is 76.0 cm³/mol. The zero-order valence-corrected chi connectivity index (χ0v) is 12.8. The Morgan fingerprint density at radius 3 is 2.85 bits per heavy atom. The van der Waals surface area contributed by atoms with Gasteiger partial charge in [-0.3, -0.25) is 4.57 Å². The number of nitrogens with zero attached hydrogens (tertiary/aromatic N) is 3.